The van der Waals surface area contributed by atoms with Gasteiger partial charge in [-0.25, -0.2) is 0 Å². The van der Waals surface area contributed by atoms with Gasteiger partial charge in [0, 0.05) is 7.11 Å². The minimum absolute atomic E-state index is 0.140. The Hall–Kier alpha value is -1.10. The Morgan fingerprint density at radius 3 is 2.36 bits per heavy atom. The molecule has 5 nitrogen and oxygen atoms in total. The minimum Gasteiger partial charge on any atom is -0.480 e. The monoisotopic (exact) mass is 203 g/mol. The van der Waals surface area contributed by atoms with Crippen molar-refractivity contribution < 1.29 is 19.4 Å². The Bertz CT molecular complexity index is 225. The van der Waals surface area contributed by atoms with Crippen molar-refractivity contribution in [2.75, 3.05) is 7.11 Å². The molecular formula is C9H17NO4. The number of hydrogen-bond acceptors (Lipinski definition) is 3. The van der Waals surface area contributed by atoms with E-state index in [0.29, 0.717) is 0 Å². The van der Waals surface area contributed by atoms with Gasteiger partial charge < -0.3 is 15.2 Å². The molecule has 0 aliphatic carbocycles. The number of carbonyl (C=O) groups is 2. The van der Waals surface area contributed by atoms with Crippen molar-refractivity contribution in [3.05, 3.63) is 0 Å². The first-order valence-electron chi connectivity index (χ1n) is 4.36. The number of carboxylic acid groups (broad SMARTS) is 1. The van der Waals surface area contributed by atoms with Crippen molar-refractivity contribution in [3.8, 4) is 0 Å². The fourth-order valence-corrected chi connectivity index (χ4v) is 0.813. The molecule has 14 heavy (non-hydrogen) atoms. The van der Waals surface area contributed by atoms with Crippen LogP contribution < -0.4 is 5.32 Å². The first-order chi connectivity index (χ1) is 6.28. The van der Waals surface area contributed by atoms with Crippen molar-refractivity contribution in [3.63, 3.8) is 0 Å². The lowest BCUT2D eigenvalue weighted by molar-refractivity contribution is -0.142. The number of ether oxygens (including phenoxy) is 1. The van der Waals surface area contributed by atoms with Gasteiger partial charge in [-0.3, -0.25) is 9.59 Å². The Kier molecular flexibility index (Phi) is 4.56. The Balaban J connectivity index is 4.05. The number of nitrogens with one attached hydrogen (secondary N) is 1. The molecule has 0 rings (SSSR count). The quantitative estimate of drug-likeness (QED) is 0.677. The molecule has 82 valence electrons. The summed E-state index contributed by atoms with van der Waals surface area (Å²) in [4.78, 5) is 21.7. The van der Waals surface area contributed by atoms with Gasteiger partial charge in [-0.05, 0) is 20.8 Å². The first-order valence-corrected chi connectivity index (χ1v) is 4.36. The molecule has 1 atom stereocenters. The molecule has 0 bridgehead atoms. The maximum atomic E-state index is 11.3. The number of aliphatic carboxylic acids is 1. The summed E-state index contributed by atoms with van der Waals surface area (Å²) >= 11 is 0. The number of carbonyl (C=O) groups excluding carboxylic acids is 1. The van der Waals surface area contributed by atoms with Crippen LogP contribution in [0.25, 0.3) is 0 Å². The summed E-state index contributed by atoms with van der Waals surface area (Å²) in [6.07, 6.45) is 0.140. The van der Waals surface area contributed by atoms with E-state index in [1.54, 1.807) is 13.8 Å². The summed E-state index contributed by atoms with van der Waals surface area (Å²) in [5.74, 6) is -1.37. The summed E-state index contributed by atoms with van der Waals surface area (Å²) in [7, 11) is 1.51. The standard InChI is InChI=1S/C9H17NO4/c1-6(8(12)13)10-7(11)5-9(2,3)14-4/h6H,5H2,1-4H3,(H,10,11)(H,12,13). The van der Waals surface area contributed by atoms with Gasteiger partial charge >= 0.3 is 5.97 Å². The molecule has 0 aliphatic rings. The normalized spacial score (nSPS) is 13.4. The van der Waals surface area contributed by atoms with Crippen LogP contribution in [0.1, 0.15) is 27.2 Å². The maximum Gasteiger partial charge on any atom is 0.325 e. The number of hydrogen-bond donors (Lipinski definition) is 2. The average molecular weight is 203 g/mol. The van der Waals surface area contributed by atoms with Crippen LogP contribution in [-0.2, 0) is 14.3 Å². The van der Waals surface area contributed by atoms with E-state index in [-0.39, 0.29) is 12.3 Å². The van der Waals surface area contributed by atoms with Crippen molar-refractivity contribution in [2.24, 2.45) is 0 Å². The van der Waals surface area contributed by atoms with Gasteiger partial charge in [-0.1, -0.05) is 0 Å². The zero-order valence-corrected chi connectivity index (χ0v) is 8.96. The maximum absolute atomic E-state index is 11.3. The van der Waals surface area contributed by atoms with Gasteiger partial charge in [-0.2, -0.15) is 0 Å². The van der Waals surface area contributed by atoms with E-state index in [2.05, 4.69) is 5.32 Å². The molecule has 0 aromatic rings. The van der Waals surface area contributed by atoms with Gasteiger partial charge in [0.15, 0.2) is 0 Å². The van der Waals surface area contributed by atoms with E-state index in [9.17, 15) is 9.59 Å². The fourth-order valence-electron chi connectivity index (χ4n) is 0.813. The van der Waals surface area contributed by atoms with Crippen LogP contribution in [0.5, 0.6) is 0 Å². The van der Waals surface area contributed by atoms with E-state index < -0.39 is 17.6 Å². The Morgan fingerprint density at radius 2 is 2.00 bits per heavy atom. The molecule has 1 unspecified atom stereocenters. The molecule has 5 heteroatoms. The van der Waals surface area contributed by atoms with Gasteiger partial charge in [0.05, 0.1) is 12.0 Å². The second-order valence-corrected chi connectivity index (χ2v) is 3.77. The molecule has 1 amide bonds. The van der Waals surface area contributed by atoms with Gasteiger partial charge in [-0.15, -0.1) is 0 Å². The van der Waals surface area contributed by atoms with Gasteiger partial charge in [0.1, 0.15) is 6.04 Å². The van der Waals surface area contributed by atoms with E-state index >= 15 is 0 Å². The molecule has 0 aliphatic heterocycles. The van der Waals surface area contributed by atoms with E-state index in [1.165, 1.54) is 14.0 Å². The Labute approximate surface area is 83.4 Å². The second-order valence-electron chi connectivity index (χ2n) is 3.77. The van der Waals surface area contributed by atoms with Crippen molar-refractivity contribution in [1.29, 1.82) is 0 Å². The average Bonchev–Trinajstić information content (AvgIpc) is 2.02. The molecular weight excluding hydrogens is 186 g/mol. The predicted octanol–water partition coefficient (Wildman–Crippen LogP) is 0.391. The van der Waals surface area contributed by atoms with Crippen LogP contribution in [0, 0.1) is 0 Å². The second kappa shape index (κ2) is 4.95. The smallest absolute Gasteiger partial charge is 0.325 e. The summed E-state index contributed by atoms with van der Waals surface area (Å²) in [5.41, 5.74) is -0.567. The molecule has 0 saturated carbocycles. The lowest BCUT2D eigenvalue weighted by atomic mass is 10.0. The van der Waals surface area contributed by atoms with Crippen LogP contribution >= 0.6 is 0 Å². The molecule has 0 spiro atoms. The lowest BCUT2D eigenvalue weighted by Crippen LogP contribution is -2.41. The van der Waals surface area contributed by atoms with Crippen LogP contribution in [0.2, 0.25) is 0 Å². The molecule has 0 fully saturated rings. The first kappa shape index (κ1) is 12.9. The van der Waals surface area contributed by atoms with Gasteiger partial charge in [0.2, 0.25) is 5.91 Å². The SMILES string of the molecule is COC(C)(C)CC(=O)NC(C)C(=O)O. The van der Waals surface area contributed by atoms with E-state index in [0.717, 1.165) is 0 Å². The molecule has 0 heterocycles. The summed E-state index contributed by atoms with van der Waals surface area (Å²) in [6.45, 7) is 4.94. The Morgan fingerprint density at radius 1 is 1.50 bits per heavy atom. The zero-order valence-electron chi connectivity index (χ0n) is 8.96. The molecule has 0 saturated heterocycles. The van der Waals surface area contributed by atoms with E-state index in [1.807, 2.05) is 0 Å². The summed E-state index contributed by atoms with van der Waals surface area (Å²) in [6, 6.07) is -0.866. The van der Waals surface area contributed by atoms with Crippen LogP contribution in [0.15, 0.2) is 0 Å². The lowest BCUT2D eigenvalue weighted by Gasteiger charge is -2.22. The third kappa shape index (κ3) is 4.81. The summed E-state index contributed by atoms with van der Waals surface area (Å²) < 4.78 is 5.04. The van der Waals surface area contributed by atoms with Crippen LogP contribution in [0.4, 0.5) is 0 Å². The number of methoxy groups -OCH3 is 1. The number of rotatable bonds is 5. The highest BCUT2D eigenvalue weighted by Crippen LogP contribution is 2.12. The fraction of sp³-hybridized carbons (Fsp3) is 0.778. The molecule has 0 radical (unpaired) electrons. The number of amides is 1. The largest absolute Gasteiger partial charge is 0.480 e. The van der Waals surface area contributed by atoms with Crippen LogP contribution in [0.3, 0.4) is 0 Å². The highest BCUT2D eigenvalue weighted by Gasteiger charge is 2.23. The van der Waals surface area contributed by atoms with Crippen molar-refractivity contribution in [2.45, 2.75) is 38.8 Å². The van der Waals surface area contributed by atoms with E-state index in [4.69, 9.17) is 9.84 Å². The highest BCUT2D eigenvalue weighted by molar-refractivity contribution is 5.83. The third-order valence-electron chi connectivity index (χ3n) is 1.89. The highest BCUT2D eigenvalue weighted by atomic mass is 16.5. The van der Waals surface area contributed by atoms with Crippen LogP contribution in [-0.4, -0.2) is 35.7 Å². The zero-order chi connectivity index (χ0) is 11.4. The summed E-state index contributed by atoms with van der Waals surface area (Å²) in [5, 5.41) is 10.9. The van der Waals surface area contributed by atoms with Crippen molar-refractivity contribution >= 4 is 11.9 Å². The minimum atomic E-state index is -1.05. The van der Waals surface area contributed by atoms with Crippen molar-refractivity contribution in [1.82, 2.24) is 5.32 Å². The van der Waals surface area contributed by atoms with Gasteiger partial charge in [0.25, 0.3) is 0 Å². The molecule has 0 aromatic carbocycles. The molecule has 2 N–H and O–H groups in total. The molecule has 0 aromatic heterocycles. The number of carboxylic acids is 1. The predicted molar refractivity (Wildman–Crippen MR) is 50.9 cm³/mol. The topological polar surface area (TPSA) is 75.6 Å². The third-order valence-corrected chi connectivity index (χ3v) is 1.89.